The molecular weight excluding hydrogens is 310 g/mol. The standard InChI is InChI=1S/C10H14BrNO4S/c1-15-5-6-17(13,14)12-10-7-8(16-2)3-4-9(10)11/h3-4,7,12H,5-6H2,1-2H3. The zero-order valence-corrected chi connectivity index (χ0v) is 12.0. The molecule has 0 aliphatic heterocycles. The summed E-state index contributed by atoms with van der Waals surface area (Å²) in [5.74, 6) is 0.491. The van der Waals surface area contributed by atoms with Crippen molar-refractivity contribution in [3.63, 3.8) is 0 Å². The Labute approximate surface area is 109 Å². The number of hydrogen-bond donors (Lipinski definition) is 1. The van der Waals surface area contributed by atoms with E-state index in [-0.39, 0.29) is 12.4 Å². The smallest absolute Gasteiger partial charge is 0.235 e. The van der Waals surface area contributed by atoms with Gasteiger partial charge in [-0.25, -0.2) is 8.42 Å². The van der Waals surface area contributed by atoms with Gasteiger partial charge in [0.15, 0.2) is 0 Å². The van der Waals surface area contributed by atoms with E-state index in [1.807, 2.05) is 0 Å². The fourth-order valence-electron chi connectivity index (χ4n) is 1.12. The van der Waals surface area contributed by atoms with Crippen LogP contribution in [-0.4, -0.2) is 35.0 Å². The van der Waals surface area contributed by atoms with Gasteiger partial charge < -0.3 is 9.47 Å². The lowest BCUT2D eigenvalue weighted by atomic mass is 10.3. The zero-order valence-electron chi connectivity index (χ0n) is 9.57. The van der Waals surface area contributed by atoms with Gasteiger partial charge in [-0.3, -0.25) is 4.72 Å². The maximum Gasteiger partial charge on any atom is 0.235 e. The van der Waals surface area contributed by atoms with Gasteiger partial charge in [-0.2, -0.15) is 0 Å². The van der Waals surface area contributed by atoms with Crippen molar-refractivity contribution in [2.75, 3.05) is 31.3 Å². The predicted molar refractivity (Wildman–Crippen MR) is 70.0 cm³/mol. The molecule has 0 atom stereocenters. The summed E-state index contributed by atoms with van der Waals surface area (Å²) in [6.45, 7) is 0.150. The van der Waals surface area contributed by atoms with Crippen LogP contribution in [-0.2, 0) is 14.8 Å². The van der Waals surface area contributed by atoms with E-state index < -0.39 is 10.0 Å². The van der Waals surface area contributed by atoms with Crippen LogP contribution in [0, 0.1) is 0 Å². The number of methoxy groups -OCH3 is 2. The lowest BCUT2D eigenvalue weighted by Gasteiger charge is -2.10. The van der Waals surface area contributed by atoms with Crippen molar-refractivity contribution in [1.82, 2.24) is 0 Å². The summed E-state index contributed by atoms with van der Waals surface area (Å²) in [5, 5.41) is 0. The molecule has 0 unspecified atom stereocenters. The molecule has 0 saturated heterocycles. The van der Waals surface area contributed by atoms with Gasteiger partial charge in [0.25, 0.3) is 0 Å². The van der Waals surface area contributed by atoms with E-state index >= 15 is 0 Å². The summed E-state index contributed by atoms with van der Waals surface area (Å²) in [4.78, 5) is 0. The highest BCUT2D eigenvalue weighted by Crippen LogP contribution is 2.27. The number of sulfonamides is 1. The van der Waals surface area contributed by atoms with Gasteiger partial charge in [-0.15, -0.1) is 0 Å². The summed E-state index contributed by atoms with van der Waals surface area (Å²) >= 11 is 3.27. The highest BCUT2D eigenvalue weighted by molar-refractivity contribution is 9.10. The van der Waals surface area contributed by atoms with Crippen LogP contribution >= 0.6 is 15.9 Å². The SMILES string of the molecule is COCCS(=O)(=O)Nc1cc(OC)ccc1Br. The van der Waals surface area contributed by atoms with E-state index in [9.17, 15) is 8.42 Å². The van der Waals surface area contributed by atoms with E-state index in [1.54, 1.807) is 18.2 Å². The Balaban J connectivity index is 2.87. The number of anilines is 1. The molecule has 1 aromatic carbocycles. The van der Waals surface area contributed by atoms with Crippen molar-refractivity contribution in [1.29, 1.82) is 0 Å². The Hall–Kier alpha value is -0.790. The topological polar surface area (TPSA) is 64.6 Å². The Bertz CT molecular complexity index is 475. The molecule has 0 aliphatic carbocycles. The molecule has 0 radical (unpaired) electrons. The molecule has 0 aliphatic rings. The van der Waals surface area contributed by atoms with Crippen LogP contribution in [0.4, 0.5) is 5.69 Å². The van der Waals surface area contributed by atoms with Crippen molar-refractivity contribution in [2.24, 2.45) is 0 Å². The number of ether oxygens (including phenoxy) is 2. The molecule has 0 fully saturated rings. The van der Waals surface area contributed by atoms with Gasteiger partial charge in [-0.1, -0.05) is 0 Å². The van der Waals surface area contributed by atoms with Gasteiger partial charge in [0.2, 0.25) is 10.0 Å². The molecule has 1 rings (SSSR count). The summed E-state index contributed by atoms with van der Waals surface area (Å²) in [7, 11) is -0.429. The quantitative estimate of drug-likeness (QED) is 0.867. The van der Waals surface area contributed by atoms with Crippen LogP contribution in [0.15, 0.2) is 22.7 Å². The largest absolute Gasteiger partial charge is 0.497 e. The molecule has 1 N–H and O–H groups in total. The molecule has 0 heterocycles. The van der Waals surface area contributed by atoms with E-state index in [1.165, 1.54) is 14.2 Å². The lowest BCUT2D eigenvalue weighted by molar-refractivity contribution is 0.217. The average Bonchev–Trinajstić information content (AvgIpc) is 2.29. The first-order valence-corrected chi connectivity index (χ1v) is 7.26. The van der Waals surface area contributed by atoms with Crippen molar-refractivity contribution < 1.29 is 17.9 Å². The summed E-state index contributed by atoms with van der Waals surface area (Å²) in [6, 6.07) is 5.05. The van der Waals surface area contributed by atoms with Crippen LogP contribution in [0.25, 0.3) is 0 Å². The van der Waals surface area contributed by atoms with Crippen LogP contribution in [0.1, 0.15) is 0 Å². The molecule has 96 valence electrons. The van der Waals surface area contributed by atoms with Crippen molar-refractivity contribution in [3.8, 4) is 5.75 Å². The van der Waals surface area contributed by atoms with Gasteiger partial charge in [0.1, 0.15) is 5.75 Å². The minimum Gasteiger partial charge on any atom is -0.497 e. The monoisotopic (exact) mass is 323 g/mol. The molecule has 5 nitrogen and oxygen atoms in total. The minimum absolute atomic E-state index is 0.0901. The molecule has 0 aromatic heterocycles. The molecule has 7 heteroatoms. The van der Waals surface area contributed by atoms with Crippen molar-refractivity contribution in [2.45, 2.75) is 0 Å². The van der Waals surface area contributed by atoms with Gasteiger partial charge in [0, 0.05) is 17.6 Å². The summed E-state index contributed by atoms with van der Waals surface area (Å²) in [5.41, 5.74) is 0.445. The second kappa shape index (κ2) is 6.23. The van der Waals surface area contributed by atoms with Crippen LogP contribution in [0.5, 0.6) is 5.75 Å². The van der Waals surface area contributed by atoms with Crippen LogP contribution in [0.3, 0.4) is 0 Å². The van der Waals surface area contributed by atoms with Gasteiger partial charge in [0.05, 0.1) is 25.2 Å². The van der Waals surface area contributed by atoms with Gasteiger partial charge >= 0.3 is 0 Å². The maximum atomic E-state index is 11.7. The highest BCUT2D eigenvalue weighted by atomic mass is 79.9. The Kier molecular flexibility index (Phi) is 5.23. The van der Waals surface area contributed by atoms with E-state index in [0.29, 0.717) is 15.9 Å². The first-order chi connectivity index (χ1) is 7.98. The summed E-state index contributed by atoms with van der Waals surface area (Å²) < 4.78 is 36.2. The molecule has 0 amide bonds. The van der Waals surface area contributed by atoms with E-state index in [4.69, 9.17) is 9.47 Å². The maximum absolute atomic E-state index is 11.7. The highest BCUT2D eigenvalue weighted by Gasteiger charge is 2.12. The van der Waals surface area contributed by atoms with E-state index in [2.05, 4.69) is 20.7 Å². The van der Waals surface area contributed by atoms with Crippen molar-refractivity contribution in [3.05, 3.63) is 22.7 Å². The molecule has 17 heavy (non-hydrogen) atoms. The minimum atomic E-state index is -3.40. The number of hydrogen-bond acceptors (Lipinski definition) is 4. The first-order valence-electron chi connectivity index (χ1n) is 4.81. The summed E-state index contributed by atoms with van der Waals surface area (Å²) in [6.07, 6.45) is 0. The Morgan fingerprint density at radius 2 is 2.06 bits per heavy atom. The zero-order chi connectivity index (χ0) is 12.9. The molecular formula is C10H14BrNO4S. The number of halogens is 1. The third-order valence-corrected chi connectivity index (χ3v) is 3.92. The average molecular weight is 324 g/mol. The Morgan fingerprint density at radius 3 is 2.65 bits per heavy atom. The molecule has 0 spiro atoms. The van der Waals surface area contributed by atoms with Gasteiger partial charge in [-0.05, 0) is 28.1 Å². The number of rotatable bonds is 6. The number of benzene rings is 1. The van der Waals surface area contributed by atoms with Crippen LogP contribution < -0.4 is 9.46 Å². The normalized spacial score (nSPS) is 11.2. The second-order valence-corrected chi connectivity index (χ2v) is 5.96. The second-order valence-electron chi connectivity index (χ2n) is 3.26. The fourth-order valence-corrected chi connectivity index (χ4v) is 2.59. The molecule has 0 bridgehead atoms. The first kappa shape index (κ1) is 14.3. The van der Waals surface area contributed by atoms with Crippen LogP contribution in [0.2, 0.25) is 0 Å². The third kappa shape index (κ3) is 4.53. The van der Waals surface area contributed by atoms with E-state index in [0.717, 1.165) is 0 Å². The van der Waals surface area contributed by atoms with Crippen molar-refractivity contribution >= 4 is 31.6 Å². The molecule has 1 aromatic rings. The molecule has 0 saturated carbocycles. The Morgan fingerprint density at radius 1 is 1.35 bits per heavy atom. The lowest BCUT2D eigenvalue weighted by Crippen LogP contribution is -2.19. The number of nitrogens with one attached hydrogen (secondary N) is 1. The fraction of sp³-hybridized carbons (Fsp3) is 0.400. The predicted octanol–water partition coefficient (Wildman–Crippen LogP) is 1.85. The third-order valence-electron chi connectivity index (χ3n) is 2.00.